The average Bonchev–Trinajstić information content (AvgIpc) is 2.82. The summed E-state index contributed by atoms with van der Waals surface area (Å²) in [5.74, 6) is -2.39. The highest BCUT2D eigenvalue weighted by Crippen LogP contribution is 2.40. The van der Waals surface area contributed by atoms with Gasteiger partial charge in [0.05, 0.1) is 18.2 Å². The van der Waals surface area contributed by atoms with Gasteiger partial charge in [-0.3, -0.25) is 14.9 Å². The molecule has 23 heavy (non-hydrogen) atoms. The standard InChI is InChI=1S/C15H22N2O5S/c1-4-7-9(14(19)20)11-8(5-2)10(12(23-11)13(16)18)17-15(21)22-6-3/h9H,4-7H2,1-3H3,(H2,16,18)(H,17,21)(H,19,20). The van der Waals surface area contributed by atoms with Crippen LogP contribution >= 0.6 is 11.3 Å². The molecule has 0 aliphatic carbocycles. The summed E-state index contributed by atoms with van der Waals surface area (Å²) in [6.07, 6.45) is 0.898. The van der Waals surface area contributed by atoms with E-state index in [1.54, 1.807) is 6.92 Å². The van der Waals surface area contributed by atoms with Gasteiger partial charge in [0.15, 0.2) is 0 Å². The van der Waals surface area contributed by atoms with Crippen LogP contribution < -0.4 is 11.1 Å². The molecule has 1 unspecified atom stereocenters. The third-order valence-corrected chi connectivity index (χ3v) is 4.67. The smallest absolute Gasteiger partial charge is 0.411 e. The summed E-state index contributed by atoms with van der Waals surface area (Å²) < 4.78 is 4.83. The Bertz CT molecular complexity index is 597. The molecular formula is C15H22N2O5S. The van der Waals surface area contributed by atoms with E-state index in [0.29, 0.717) is 29.7 Å². The van der Waals surface area contributed by atoms with Crippen LogP contribution in [0.15, 0.2) is 0 Å². The van der Waals surface area contributed by atoms with Crippen molar-refractivity contribution in [3.05, 3.63) is 15.3 Å². The zero-order chi connectivity index (χ0) is 17.6. The van der Waals surface area contributed by atoms with E-state index in [-0.39, 0.29) is 17.2 Å². The Labute approximate surface area is 138 Å². The zero-order valence-electron chi connectivity index (χ0n) is 13.5. The fourth-order valence-electron chi connectivity index (χ4n) is 2.35. The van der Waals surface area contributed by atoms with Crippen LogP contribution in [0.2, 0.25) is 0 Å². The Balaban J connectivity index is 3.40. The van der Waals surface area contributed by atoms with E-state index in [0.717, 1.165) is 11.3 Å². The molecule has 1 aromatic rings. The number of ether oxygens (including phenoxy) is 1. The molecule has 0 aromatic carbocycles. The second kappa shape index (κ2) is 8.52. The molecule has 0 saturated carbocycles. The fourth-order valence-corrected chi connectivity index (χ4v) is 3.67. The molecule has 0 bridgehead atoms. The van der Waals surface area contributed by atoms with Crippen LogP contribution in [0.5, 0.6) is 0 Å². The highest BCUT2D eigenvalue weighted by atomic mass is 32.1. The lowest BCUT2D eigenvalue weighted by Crippen LogP contribution is -2.18. The van der Waals surface area contributed by atoms with Gasteiger partial charge in [0.2, 0.25) is 0 Å². The van der Waals surface area contributed by atoms with Crippen LogP contribution in [0, 0.1) is 0 Å². The molecule has 1 aromatic heterocycles. The molecule has 128 valence electrons. The van der Waals surface area contributed by atoms with E-state index >= 15 is 0 Å². The minimum Gasteiger partial charge on any atom is -0.481 e. The number of anilines is 1. The topological polar surface area (TPSA) is 119 Å². The summed E-state index contributed by atoms with van der Waals surface area (Å²) in [5.41, 5.74) is 6.27. The molecule has 0 aliphatic heterocycles. The van der Waals surface area contributed by atoms with Crippen LogP contribution in [0.3, 0.4) is 0 Å². The lowest BCUT2D eigenvalue weighted by atomic mass is 9.97. The molecule has 0 radical (unpaired) electrons. The summed E-state index contributed by atoms with van der Waals surface area (Å²) in [7, 11) is 0. The van der Waals surface area contributed by atoms with E-state index in [1.165, 1.54) is 0 Å². The third-order valence-electron chi connectivity index (χ3n) is 3.31. The summed E-state index contributed by atoms with van der Waals surface area (Å²) in [4.78, 5) is 35.6. The van der Waals surface area contributed by atoms with Gasteiger partial charge < -0.3 is 15.6 Å². The van der Waals surface area contributed by atoms with Crippen molar-refractivity contribution >= 4 is 35.0 Å². The molecule has 0 fully saturated rings. The molecule has 0 saturated heterocycles. The quantitative estimate of drug-likeness (QED) is 0.671. The Kier molecular flexibility index (Phi) is 7.02. The number of hydrogen-bond acceptors (Lipinski definition) is 5. The number of hydrogen-bond donors (Lipinski definition) is 3. The lowest BCUT2D eigenvalue weighted by Gasteiger charge is -2.12. The first-order valence-electron chi connectivity index (χ1n) is 7.49. The number of thiophene rings is 1. The molecule has 0 spiro atoms. The number of carbonyl (C=O) groups excluding carboxylic acids is 2. The van der Waals surface area contributed by atoms with Crippen molar-refractivity contribution in [1.29, 1.82) is 0 Å². The molecular weight excluding hydrogens is 320 g/mol. The lowest BCUT2D eigenvalue weighted by molar-refractivity contribution is -0.138. The zero-order valence-corrected chi connectivity index (χ0v) is 14.3. The summed E-state index contributed by atoms with van der Waals surface area (Å²) in [6, 6.07) is 0. The molecule has 2 amide bonds. The van der Waals surface area contributed by atoms with Crippen molar-refractivity contribution in [1.82, 2.24) is 0 Å². The van der Waals surface area contributed by atoms with Gasteiger partial charge in [0.25, 0.3) is 5.91 Å². The van der Waals surface area contributed by atoms with Gasteiger partial charge in [-0.2, -0.15) is 0 Å². The van der Waals surface area contributed by atoms with Crippen molar-refractivity contribution in [2.45, 2.75) is 46.0 Å². The number of nitrogens with one attached hydrogen (secondary N) is 1. The first-order chi connectivity index (χ1) is 10.9. The van der Waals surface area contributed by atoms with Gasteiger partial charge in [0, 0.05) is 4.88 Å². The Morgan fingerprint density at radius 1 is 1.30 bits per heavy atom. The number of amides is 2. The van der Waals surface area contributed by atoms with Crippen molar-refractivity contribution in [3.8, 4) is 0 Å². The van der Waals surface area contributed by atoms with Gasteiger partial charge in [-0.1, -0.05) is 20.3 Å². The van der Waals surface area contributed by atoms with Gasteiger partial charge in [-0.15, -0.1) is 11.3 Å². The predicted octanol–water partition coefficient (Wildman–Crippen LogP) is 2.95. The predicted molar refractivity (Wildman–Crippen MR) is 88.1 cm³/mol. The van der Waals surface area contributed by atoms with Gasteiger partial charge in [0.1, 0.15) is 4.88 Å². The number of carboxylic acids is 1. The van der Waals surface area contributed by atoms with Gasteiger partial charge in [-0.05, 0) is 25.3 Å². The number of nitrogens with two attached hydrogens (primary N) is 1. The second-order valence-electron chi connectivity index (χ2n) is 4.89. The monoisotopic (exact) mass is 342 g/mol. The van der Waals surface area contributed by atoms with Crippen molar-refractivity contribution in [2.24, 2.45) is 5.73 Å². The number of carboxylic acid groups (broad SMARTS) is 1. The largest absolute Gasteiger partial charge is 0.481 e. The number of aliphatic carboxylic acids is 1. The maximum atomic E-state index is 11.7. The number of rotatable bonds is 8. The van der Waals surface area contributed by atoms with E-state index in [9.17, 15) is 19.5 Å². The van der Waals surface area contributed by atoms with E-state index in [1.807, 2.05) is 13.8 Å². The average molecular weight is 342 g/mol. The molecule has 4 N–H and O–H groups in total. The normalized spacial score (nSPS) is 11.8. The SMILES string of the molecule is CCCC(C(=O)O)c1sc(C(N)=O)c(NC(=O)OCC)c1CC. The van der Waals surface area contributed by atoms with Crippen LogP contribution in [0.4, 0.5) is 10.5 Å². The van der Waals surface area contributed by atoms with Crippen LogP contribution in [0.1, 0.15) is 59.6 Å². The van der Waals surface area contributed by atoms with Crippen LogP contribution in [0.25, 0.3) is 0 Å². The minimum absolute atomic E-state index is 0.146. The second-order valence-corrected chi connectivity index (χ2v) is 5.94. The highest BCUT2D eigenvalue weighted by molar-refractivity contribution is 7.15. The van der Waals surface area contributed by atoms with E-state index in [4.69, 9.17) is 10.5 Å². The maximum Gasteiger partial charge on any atom is 0.411 e. The Morgan fingerprint density at radius 3 is 2.39 bits per heavy atom. The summed E-state index contributed by atoms with van der Waals surface area (Å²) >= 11 is 1.03. The first kappa shape index (κ1) is 19.0. The van der Waals surface area contributed by atoms with Crippen molar-refractivity contribution in [2.75, 3.05) is 11.9 Å². The summed E-state index contributed by atoms with van der Waals surface area (Å²) in [5, 5.41) is 12.0. The molecule has 1 atom stereocenters. The van der Waals surface area contributed by atoms with E-state index in [2.05, 4.69) is 5.32 Å². The minimum atomic E-state index is -0.957. The van der Waals surface area contributed by atoms with Crippen LogP contribution in [-0.2, 0) is 16.0 Å². The number of carbonyl (C=O) groups is 3. The van der Waals surface area contributed by atoms with Crippen molar-refractivity contribution in [3.63, 3.8) is 0 Å². The van der Waals surface area contributed by atoms with Crippen molar-refractivity contribution < 1.29 is 24.2 Å². The first-order valence-corrected chi connectivity index (χ1v) is 8.30. The van der Waals surface area contributed by atoms with Gasteiger partial charge in [-0.25, -0.2) is 4.79 Å². The highest BCUT2D eigenvalue weighted by Gasteiger charge is 2.29. The molecule has 1 rings (SSSR count). The van der Waals surface area contributed by atoms with E-state index < -0.39 is 23.9 Å². The van der Waals surface area contributed by atoms with Gasteiger partial charge >= 0.3 is 12.1 Å². The van der Waals surface area contributed by atoms with Crippen LogP contribution in [-0.4, -0.2) is 29.7 Å². The Hall–Kier alpha value is -2.09. The fraction of sp³-hybridized carbons (Fsp3) is 0.533. The summed E-state index contributed by atoms with van der Waals surface area (Å²) in [6.45, 7) is 5.57. The molecule has 7 nitrogen and oxygen atoms in total. The molecule has 8 heteroatoms. The Morgan fingerprint density at radius 2 is 1.96 bits per heavy atom. The number of primary amides is 1. The maximum absolute atomic E-state index is 11.7. The molecule has 0 aliphatic rings. The molecule has 1 heterocycles. The third kappa shape index (κ3) is 4.44.